The predicted molar refractivity (Wildman–Crippen MR) is 288 cm³/mol. The maximum Gasteiger partial charge on any atom is 0.246 e. The largest absolute Gasteiger partial charge is 0.366 e. The van der Waals surface area contributed by atoms with Crippen molar-refractivity contribution in [2.24, 2.45) is 37.9 Å². The molecule has 0 spiro atoms. The zero-order chi connectivity index (χ0) is 55.5. The van der Waals surface area contributed by atoms with Crippen molar-refractivity contribution in [3.05, 3.63) is 0 Å². The van der Waals surface area contributed by atoms with Gasteiger partial charge in [-0.1, -0.05) is 152 Å². The molecule has 0 atom stereocenters. The maximum atomic E-state index is 11.7. The summed E-state index contributed by atoms with van der Waals surface area (Å²) in [5, 5.41) is 2.82. The fourth-order valence-corrected chi connectivity index (χ4v) is 5.61. The summed E-state index contributed by atoms with van der Waals surface area (Å²) in [7, 11) is 0. The summed E-state index contributed by atoms with van der Waals surface area (Å²) < 4.78 is 5.38. The summed E-state index contributed by atoms with van der Waals surface area (Å²) in [6.45, 7) is 48.4. The van der Waals surface area contributed by atoms with Crippen molar-refractivity contribution in [3.8, 4) is 0 Å². The molecule has 0 radical (unpaired) electrons. The lowest BCUT2D eigenvalue weighted by atomic mass is 9.83. The molecule has 69 heavy (non-hydrogen) atoms. The Balaban J connectivity index is -0.000000415. The highest BCUT2D eigenvalue weighted by atomic mass is 16.5. The molecule has 10 heteroatoms. The summed E-state index contributed by atoms with van der Waals surface area (Å²) in [5.74, 6) is 1.71. The molecule has 0 aliphatic carbocycles. The van der Waals surface area contributed by atoms with Crippen LogP contribution in [0, 0.1) is 37.9 Å². The van der Waals surface area contributed by atoms with Gasteiger partial charge in [0.25, 0.3) is 0 Å². The van der Waals surface area contributed by atoms with Crippen LogP contribution in [0.3, 0.4) is 0 Å². The molecule has 0 heterocycles. The Labute approximate surface area is 425 Å². The molecule has 0 bridgehead atoms. The molecule has 0 unspecified atom stereocenters. The monoisotopic (exact) mass is 978 g/mol. The third kappa shape index (κ3) is 49.9. The van der Waals surface area contributed by atoms with Crippen molar-refractivity contribution in [3.63, 3.8) is 0 Å². The molecule has 406 valence electrons. The zero-order valence-electron chi connectivity index (χ0n) is 49.6. The second kappa shape index (κ2) is 33.0. The zero-order valence-corrected chi connectivity index (χ0v) is 49.6. The fourth-order valence-electron chi connectivity index (χ4n) is 5.61. The van der Waals surface area contributed by atoms with Gasteiger partial charge in [-0.15, -0.1) is 0 Å². The van der Waals surface area contributed by atoms with E-state index in [0.717, 1.165) is 32.1 Å². The normalized spacial score (nSPS) is 12.5. The average molecular weight is 979 g/mol. The van der Waals surface area contributed by atoms with Crippen LogP contribution in [0.15, 0.2) is 0 Å². The molecule has 0 aliphatic heterocycles. The van der Waals surface area contributed by atoms with E-state index in [-0.39, 0.29) is 79.2 Å². The minimum atomic E-state index is -0.317. The topological polar surface area (TPSA) is 158 Å². The van der Waals surface area contributed by atoms with Gasteiger partial charge in [0.15, 0.2) is 0 Å². The van der Waals surface area contributed by atoms with Crippen LogP contribution in [0.4, 0.5) is 0 Å². The Hall–Kier alpha value is -2.88. The smallest absolute Gasteiger partial charge is 0.246 e. The van der Waals surface area contributed by atoms with Gasteiger partial charge >= 0.3 is 0 Å². The molecule has 0 saturated heterocycles. The molecular weight excluding hydrogens is 867 g/mol. The summed E-state index contributed by atoms with van der Waals surface area (Å²) in [6, 6.07) is 0. The molecule has 0 aromatic carbocycles. The Bertz CT molecular complexity index is 1510. The number of unbranched alkanes of at least 4 members (excludes halogenated alkanes) is 2. The fraction of sp³-hybridized carbons (Fsp3) is 0.864. The third-order valence-electron chi connectivity index (χ3n) is 11.1. The summed E-state index contributed by atoms with van der Waals surface area (Å²) in [5.41, 5.74) is -1.09. The Kier molecular flexibility index (Phi) is 34.7. The number of carbonyl (C=O) groups excluding carboxylic acids is 8. The highest BCUT2D eigenvalue weighted by molar-refractivity contribution is 5.87. The lowest BCUT2D eigenvalue weighted by molar-refractivity contribution is -0.130. The third-order valence-corrected chi connectivity index (χ3v) is 11.1. The molecule has 0 saturated carbocycles. The van der Waals surface area contributed by atoms with Gasteiger partial charge in [0.05, 0.1) is 5.60 Å². The van der Waals surface area contributed by atoms with E-state index in [1.807, 2.05) is 125 Å². The maximum absolute atomic E-state index is 11.7. The molecule has 1 amide bonds. The number of hydrogen-bond donors (Lipinski definition) is 1. The minimum Gasteiger partial charge on any atom is -0.366 e. The predicted octanol–water partition coefficient (Wildman–Crippen LogP) is 14.8. The van der Waals surface area contributed by atoms with Gasteiger partial charge < -0.3 is 10.1 Å². The molecule has 0 aromatic rings. The van der Waals surface area contributed by atoms with E-state index in [1.165, 1.54) is 0 Å². The van der Waals surface area contributed by atoms with Crippen molar-refractivity contribution in [1.82, 2.24) is 5.32 Å². The van der Waals surface area contributed by atoms with Crippen LogP contribution < -0.4 is 5.32 Å². The quantitative estimate of drug-likeness (QED) is 0.0929. The number of rotatable bonds is 24. The van der Waals surface area contributed by atoms with E-state index in [1.54, 1.807) is 0 Å². The lowest BCUT2D eigenvalue weighted by Crippen LogP contribution is -2.32. The summed E-state index contributed by atoms with van der Waals surface area (Å²) in [6.07, 6.45) is 11.5. The van der Waals surface area contributed by atoms with E-state index < -0.39 is 0 Å². The van der Waals surface area contributed by atoms with Crippen LogP contribution >= 0.6 is 0 Å². The van der Waals surface area contributed by atoms with Gasteiger partial charge in [0.1, 0.15) is 47.1 Å². The first kappa shape index (κ1) is 72.7. The van der Waals surface area contributed by atoms with Crippen molar-refractivity contribution >= 4 is 46.4 Å². The van der Waals surface area contributed by atoms with Crippen molar-refractivity contribution in [2.45, 2.75) is 281 Å². The number of carbonyl (C=O) groups is 8. The summed E-state index contributed by atoms with van der Waals surface area (Å²) in [4.78, 5) is 93.0. The minimum absolute atomic E-state index is 0.0781. The van der Waals surface area contributed by atoms with Crippen LogP contribution in [-0.2, 0) is 43.1 Å². The van der Waals surface area contributed by atoms with E-state index in [9.17, 15) is 38.4 Å². The van der Waals surface area contributed by atoms with Crippen molar-refractivity contribution in [2.75, 3.05) is 13.2 Å². The number of Topliss-reactive ketones (excluding diaryl/α,β-unsaturated/α-hetero) is 7. The molecule has 1 N–H and O–H groups in total. The number of nitrogens with one attached hydrogen (secondary N) is 1. The van der Waals surface area contributed by atoms with Crippen LogP contribution in [0.5, 0.6) is 0 Å². The molecule has 10 nitrogen and oxygen atoms in total. The van der Waals surface area contributed by atoms with Crippen LogP contribution in [0.1, 0.15) is 275 Å². The summed E-state index contributed by atoms with van der Waals surface area (Å²) >= 11 is 0. The lowest BCUT2D eigenvalue weighted by Gasteiger charge is -2.21. The Morgan fingerprint density at radius 1 is 0.319 bits per heavy atom. The first-order valence-corrected chi connectivity index (χ1v) is 26.2. The number of ketones is 7. The first-order valence-electron chi connectivity index (χ1n) is 26.2. The van der Waals surface area contributed by atoms with Gasteiger partial charge in [0.2, 0.25) is 5.91 Å². The molecular formula is C59H111NO9. The average Bonchev–Trinajstić information content (AvgIpc) is 3.14. The van der Waals surface area contributed by atoms with Gasteiger partial charge in [-0.3, -0.25) is 38.4 Å². The van der Waals surface area contributed by atoms with Crippen LogP contribution in [0.25, 0.3) is 0 Å². The Morgan fingerprint density at radius 2 is 0.594 bits per heavy atom. The van der Waals surface area contributed by atoms with Gasteiger partial charge in [0, 0.05) is 91.4 Å². The van der Waals surface area contributed by atoms with E-state index in [2.05, 4.69) is 46.9 Å². The second-order valence-corrected chi connectivity index (χ2v) is 27.7. The van der Waals surface area contributed by atoms with Crippen LogP contribution in [0.2, 0.25) is 0 Å². The van der Waals surface area contributed by atoms with Crippen LogP contribution in [-0.4, -0.2) is 65.1 Å². The highest BCUT2D eigenvalue weighted by Gasteiger charge is 2.25. The second-order valence-electron chi connectivity index (χ2n) is 27.7. The Morgan fingerprint density at radius 3 is 0.884 bits per heavy atom. The SMILES string of the molecule is CC(C)(C)C(=O)CCCC(=O)CCCC(=O)C(C)(C)C.CC(C)(C)CCC(=O)C(C)(C)C.CC(C)(C)CCC(=O)CCCC(=O)C(C)(C)C.CC(C)(C)OCC(=O)NCCCCCC(=O)C(C)(C)C. The number of amides is 1. The van der Waals surface area contributed by atoms with Crippen molar-refractivity contribution < 1.29 is 43.1 Å². The van der Waals surface area contributed by atoms with Crippen molar-refractivity contribution in [1.29, 1.82) is 0 Å². The number of hydrogen-bond acceptors (Lipinski definition) is 9. The van der Waals surface area contributed by atoms with Gasteiger partial charge in [-0.05, 0) is 76.5 Å². The van der Waals surface area contributed by atoms with Gasteiger partial charge in [-0.2, -0.15) is 0 Å². The van der Waals surface area contributed by atoms with Gasteiger partial charge in [-0.25, -0.2) is 0 Å². The molecule has 0 aromatic heterocycles. The standard InChI is InChI=1S/C17H30O3.C16H31NO3.C15H28O2.C11H22O/c1-16(2,3)14(19)11-7-9-13(18)10-8-12-15(20)17(4,5)6;1-15(2,3)13(18)10-8-7-9-11-17-14(19)12-20-16(4,5)6;1-14(2,3)11-10-12(16)8-7-9-13(17)15(4,5)6;1-10(2,3)8-7-9(12)11(4,5)6/h7-12H2,1-6H3;7-12H2,1-6H3,(H,17,19);7-11H2,1-6H3;7-8H2,1-6H3. The van der Waals surface area contributed by atoms with E-state index in [0.29, 0.717) is 101 Å². The highest BCUT2D eigenvalue weighted by Crippen LogP contribution is 2.26. The molecule has 0 aliphatic rings. The van der Waals surface area contributed by atoms with E-state index >= 15 is 0 Å². The molecule has 0 rings (SSSR count). The first-order chi connectivity index (χ1) is 30.6. The van der Waals surface area contributed by atoms with E-state index in [4.69, 9.17) is 4.74 Å². The number of ether oxygens (including phenoxy) is 1. The molecule has 0 fully saturated rings.